The highest BCUT2D eigenvalue weighted by Gasteiger charge is 2.24. The molecule has 1 aliphatic rings. The van der Waals surface area contributed by atoms with Crippen LogP contribution in [-0.2, 0) is 0 Å². The van der Waals surface area contributed by atoms with Crippen molar-refractivity contribution in [3.8, 4) is 0 Å². The zero-order chi connectivity index (χ0) is 12.6. The first-order valence-electron chi connectivity index (χ1n) is 7.68. The first-order valence-corrected chi connectivity index (χ1v) is 7.68. The molecule has 102 valence electrons. The fourth-order valence-corrected chi connectivity index (χ4v) is 3.09. The van der Waals surface area contributed by atoms with E-state index in [1.54, 1.807) is 6.26 Å². The van der Waals surface area contributed by atoms with Crippen molar-refractivity contribution in [2.75, 3.05) is 6.54 Å². The second kappa shape index (κ2) is 7.63. The van der Waals surface area contributed by atoms with Gasteiger partial charge in [-0.2, -0.15) is 0 Å². The molecular weight excluding hydrogens is 222 g/mol. The number of nitrogens with one attached hydrogen (secondary N) is 1. The quantitative estimate of drug-likeness (QED) is 0.819. The van der Waals surface area contributed by atoms with Crippen LogP contribution in [0.4, 0.5) is 0 Å². The minimum atomic E-state index is 0.429. The standard InChI is InChI=1S/C16H27NO/c1-2-12-17-16(15-11-8-13-18-15)14-9-6-4-3-5-7-10-14/h8,11,13-14,16-17H,2-7,9-10,12H2,1H3. The predicted octanol–water partition coefficient (Wildman–Crippen LogP) is 4.68. The van der Waals surface area contributed by atoms with E-state index in [0.29, 0.717) is 6.04 Å². The van der Waals surface area contributed by atoms with E-state index in [4.69, 9.17) is 4.42 Å². The smallest absolute Gasteiger partial charge is 0.120 e. The topological polar surface area (TPSA) is 25.2 Å². The minimum absolute atomic E-state index is 0.429. The molecule has 0 radical (unpaired) electrons. The molecule has 1 aromatic rings. The van der Waals surface area contributed by atoms with E-state index in [1.807, 2.05) is 6.07 Å². The second-order valence-electron chi connectivity index (χ2n) is 5.55. The molecule has 1 heterocycles. The third-order valence-electron chi connectivity index (χ3n) is 4.09. The Kier molecular flexibility index (Phi) is 5.79. The maximum Gasteiger partial charge on any atom is 0.120 e. The van der Waals surface area contributed by atoms with Gasteiger partial charge in [-0.15, -0.1) is 0 Å². The van der Waals surface area contributed by atoms with Gasteiger partial charge in [0, 0.05) is 0 Å². The fourth-order valence-electron chi connectivity index (χ4n) is 3.09. The van der Waals surface area contributed by atoms with Crippen molar-refractivity contribution in [3.63, 3.8) is 0 Å². The fraction of sp³-hybridized carbons (Fsp3) is 0.750. The number of hydrogen-bond acceptors (Lipinski definition) is 2. The SMILES string of the molecule is CCCNC(c1ccco1)C1CCCCCCC1. The molecule has 0 aromatic carbocycles. The van der Waals surface area contributed by atoms with Gasteiger partial charge in [-0.1, -0.05) is 39.0 Å². The van der Waals surface area contributed by atoms with Gasteiger partial charge in [0.1, 0.15) is 5.76 Å². The molecule has 0 bridgehead atoms. The van der Waals surface area contributed by atoms with Gasteiger partial charge < -0.3 is 9.73 Å². The lowest BCUT2D eigenvalue weighted by molar-refractivity contribution is 0.258. The highest BCUT2D eigenvalue weighted by molar-refractivity contribution is 5.06. The molecule has 1 aliphatic carbocycles. The van der Waals surface area contributed by atoms with Crippen LogP contribution in [-0.4, -0.2) is 6.54 Å². The Bertz CT molecular complexity index is 299. The van der Waals surface area contributed by atoms with E-state index >= 15 is 0 Å². The monoisotopic (exact) mass is 249 g/mol. The van der Waals surface area contributed by atoms with Crippen molar-refractivity contribution in [1.82, 2.24) is 5.32 Å². The van der Waals surface area contributed by atoms with Gasteiger partial charge in [0.25, 0.3) is 0 Å². The summed E-state index contributed by atoms with van der Waals surface area (Å²) in [5.74, 6) is 1.89. The largest absolute Gasteiger partial charge is 0.468 e. The zero-order valence-corrected chi connectivity index (χ0v) is 11.7. The van der Waals surface area contributed by atoms with E-state index in [9.17, 15) is 0 Å². The lowest BCUT2D eigenvalue weighted by Crippen LogP contribution is -2.29. The Morgan fingerprint density at radius 2 is 1.94 bits per heavy atom. The van der Waals surface area contributed by atoms with Crippen LogP contribution >= 0.6 is 0 Å². The summed E-state index contributed by atoms with van der Waals surface area (Å²) in [5, 5.41) is 3.70. The second-order valence-corrected chi connectivity index (χ2v) is 5.55. The molecule has 1 saturated carbocycles. The Hall–Kier alpha value is -0.760. The molecule has 0 spiro atoms. The summed E-state index contributed by atoms with van der Waals surface area (Å²) in [7, 11) is 0. The van der Waals surface area contributed by atoms with E-state index in [-0.39, 0.29) is 0 Å². The van der Waals surface area contributed by atoms with Crippen LogP contribution in [0.5, 0.6) is 0 Å². The number of furan rings is 1. The Balaban J connectivity index is 2.01. The third kappa shape index (κ3) is 3.88. The van der Waals surface area contributed by atoms with Crippen molar-refractivity contribution in [2.45, 2.75) is 64.3 Å². The molecule has 1 atom stereocenters. The zero-order valence-electron chi connectivity index (χ0n) is 11.7. The van der Waals surface area contributed by atoms with Gasteiger partial charge in [-0.05, 0) is 43.9 Å². The normalized spacial score (nSPS) is 20.3. The molecule has 1 N–H and O–H groups in total. The maximum atomic E-state index is 5.66. The summed E-state index contributed by atoms with van der Waals surface area (Å²) < 4.78 is 5.66. The average molecular weight is 249 g/mol. The van der Waals surface area contributed by atoms with Crippen LogP contribution in [0.2, 0.25) is 0 Å². The molecule has 18 heavy (non-hydrogen) atoms. The lowest BCUT2D eigenvalue weighted by atomic mass is 9.85. The molecule has 1 fully saturated rings. The lowest BCUT2D eigenvalue weighted by Gasteiger charge is -2.28. The minimum Gasteiger partial charge on any atom is -0.468 e. The van der Waals surface area contributed by atoms with Crippen molar-refractivity contribution in [2.24, 2.45) is 5.92 Å². The first-order chi connectivity index (χ1) is 8.92. The van der Waals surface area contributed by atoms with Crippen LogP contribution in [0.3, 0.4) is 0 Å². The molecular formula is C16H27NO. The van der Waals surface area contributed by atoms with E-state index in [2.05, 4.69) is 18.3 Å². The first kappa shape index (κ1) is 13.7. The number of hydrogen-bond donors (Lipinski definition) is 1. The van der Waals surface area contributed by atoms with E-state index in [1.165, 1.54) is 51.4 Å². The van der Waals surface area contributed by atoms with Crippen molar-refractivity contribution < 1.29 is 4.42 Å². The molecule has 2 rings (SSSR count). The van der Waals surface area contributed by atoms with Crippen LogP contribution in [0.1, 0.15) is 70.1 Å². The van der Waals surface area contributed by atoms with Crippen molar-refractivity contribution >= 4 is 0 Å². The number of rotatable bonds is 5. The van der Waals surface area contributed by atoms with Gasteiger partial charge in [-0.3, -0.25) is 0 Å². The van der Waals surface area contributed by atoms with Gasteiger partial charge in [0.15, 0.2) is 0 Å². The van der Waals surface area contributed by atoms with Crippen LogP contribution in [0.15, 0.2) is 22.8 Å². The van der Waals surface area contributed by atoms with Crippen LogP contribution in [0.25, 0.3) is 0 Å². The van der Waals surface area contributed by atoms with Crippen molar-refractivity contribution in [1.29, 1.82) is 0 Å². The molecule has 0 amide bonds. The average Bonchev–Trinajstić information content (AvgIpc) is 2.85. The molecule has 0 aliphatic heterocycles. The molecule has 1 unspecified atom stereocenters. The van der Waals surface area contributed by atoms with Gasteiger partial charge >= 0.3 is 0 Å². The Morgan fingerprint density at radius 3 is 2.56 bits per heavy atom. The van der Waals surface area contributed by atoms with E-state index < -0.39 is 0 Å². The summed E-state index contributed by atoms with van der Waals surface area (Å²) in [6, 6.07) is 4.57. The van der Waals surface area contributed by atoms with Crippen LogP contribution < -0.4 is 5.32 Å². The molecule has 0 saturated heterocycles. The Morgan fingerprint density at radius 1 is 1.22 bits per heavy atom. The highest BCUT2D eigenvalue weighted by atomic mass is 16.3. The van der Waals surface area contributed by atoms with Gasteiger partial charge in [0.05, 0.1) is 12.3 Å². The van der Waals surface area contributed by atoms with Gasteiger partial charge in [-0.25, -0.2) is 0 Å². The summed E-state index contributed by atoms with van der Waals surface area (Å²) in [6.45, 7) is 3.31. The molecule has 1 aromatic heterocycles. The molecule has 2 heteroatoms. The summed E-state index contributed by atoms with van der Waals surface area (Å²) >= 11 is 0. The van der Waals surface area contributed by atoms with E-state index in [0.717, 1.165) is 18.2 Å². The van der Waals surface area contributed by atoms with Crippen LogP contribution in [0, 0.1) is 5.92 Å². The third-order valence-corrected chi connectivity index (χ3v) is 4.09. The highest BCUT2D eigenvalue weighted by Crippen LogP contribution is 2.33. The summed E-state index contributed by atoms with van der Waals surface area (Å²) in [5.41, 5.74) is 0. The summed E-state index contributed by atoms with van der Waals surface area (Å²) in [4.78, 5) is 0. The molecule has 2 nitrogen and oxygen atoms in total. The Labute approximate surface area is 111 Å². The van der Waals surface area contributed by atoms with Gasteiger partial charge in [0.2, 0.25) is 0 Å². The van der Waals surface area contributed by atoms with Crippen molar-refractivity contribution in [3.05, 3.63) is 24.2 Å². The summed E-state index contributed by atoms with van der Waals surface area (Å²) in [6.07, 6.45) is 12.7. The predicted molar refractivity (Wildman–Crippen MR) is 75.6 cm³/mol. The maximum absolute atomic E-state index is 5.66.